The molecule has 22 heavy (non-hydrogen) atoms. The maximum absolute atomic E-state index is 5.98. The fourth-order valence-corrected chi connectivity index (χ4v) is 4.06. The van der Waals surface area contributed by atoms with Crippen LogP contribution in [-0.2, 0) is 0 Å². The van der Waals surface area contributed by atoms with E-state index in [4.69, 9.17) is 15.7 Å². The lowest BCUT2D eigenvalue weighted by Crippen LogP contribution is -2.13. The molecule has 2 fully saturated rings. The maximum atomic E-state index is 5.98. The van der Waals surface area contributed by atoms with Crippen LogP contribution in [0.5, 0.6) is 0 Å². The van der Waals surface area contributed by atoms with Gasteiger partial charge >= 0.3 is 0 Å². The van der Waals surface area contributed by atoms with Crippen LogP contribution in [0, 0.1) is 11.8 Å². The number of allylic oxidation sites excluding steroid dienone is 2. The summed E-state index contributed by atoms with van der Waals surface area (Å²) in [6, 6.07) is 8.49. The van der Waals surface area contributed by atoms with E-state index in [-0.39, 0.29) is 0 Å². The van der Waals surface area contributed by atoms with Crippen LogP contribution < -0.4 is 5.46 Å². The maximum Gasteiger partial charge on any atom is 0.113 e. The van der Waals surface area contributed by atoms with Crippen molar-refractivity contribution in [2.24, 2.45) is 11.8 Å². The molecule has 0 N–H and O–H groups in total. The summed E-state index contributed by atoms with van der Waals surface area (Å²) >= 11 is 0. The van der Waals surface area contributed by atoms with Gasteiger partial charge < -0.3 is 0 Å². The van der Waals surface area contributed by atoms with Crippen molar-refractivity contribution >= 4 is 21.2 Å². The van der Waals surface area contributed by atoms with Crippen molar-refractivity contribution in [1.82, 2.24) is 0 Å². The minimum atomic E-state index is 0.458. The van der Waals surface area contributed by atoms with Gasteiger partial charge in [-0.2, -0.15) is 0 Å². The van der Waals surface area contributed by atoms with Crippen molar-refractivity contribution < 1.29 is 0 Å². The Labute approximate surface area is 138 Å². The Kier molecular flexibility index (Phi) is 5.50. The summed E-state index contributed by atoms with van der Waals surface area (Å²) in [7, 11) is 11.8. The van der Waals surface area contributed by atoms with E-state index < -0.39 is 0 Å². The van der Waals surface area contributed by atoms with Crippen LogP contribution in [0.1, 0.15) is 62.8 Å². The molecule has 2 aliphatic carbocycles. The lowest BCUT2D eigenvalue weighted by molar-refractivity contribution is 0.370. The normalized spacial score (nSPS) is 33.1. The van der Waals surface area contributed by atoms with E-state index in [1.165, 1.54) is 56.9 Å². The van der Waals surface area contributed by atoms with Crippen molar-refractivity contribution in [3.05, 3.63) is 42.0 Å². The Balaban J connectivity index is 1.46. The van der Waals surface area contributed by atoms with Gasteiger partial charge in [-0.25, -0.2) is 0 Å². The highest BCUT2D eigenvalue weighted by atomic mass is 14.3. The second kappa shape index (κ2) is 7.57. The van der Waals surface area contributed by atoms with Gasteiger partial charge in [-0.1, -0.05) is 60.5 Å². The van der Waals surface area contributed by atoms with Gasteiger partial charge in [-0.05, 0) is 61.8 Å². The summed E-state index contributed by atoms with van der Waals surface area (Å²) in [5, 5.41) is 0. The number of rotatable bonds is 3. The first-order valence-corrected chi connectivity index (χ1v) is 9.00. The number of benzene rings is 1. The van der Waals surface area contributed by atoms with Crippen LogP contribution in [0.3, 0.4) is 0 Å². The summed E-state index contributed by atoms with van der Waals surface area (Å²) in [6.45, 7) is 0. The zero-order valence-electron chi connectivity index (χ0n) is 13.6. The van der Waals surface area contributed by atoms with E-state index in [9.17, 15) is 0 Å². The summed E-state index contributed by atoms with van der Waals surface area (Å²) in [6.07, 6.45) is 15.3. The van der Waals surface area contributed by atoms with Gasteiger partial charge in [0.05, 0.1) is 7.85 Å². The average molecular weight is 288 g/mol. The van der Waals surface area contributed by atoms with Crippen LogP contribution in [0.15, 0.2) is 36.4 Å². The number of hydrogen-bond donors (Lipinski definition) is 0. The Morgan fingerprint density at radius 3 is 1.77 bits per heavy atom. The molecule has 4 radical (unpaired) electrons. The molecule has 0 aliphatic heterocycles. The summed E-state index contributed by atoms with van der Waals surface area (Å²) < 4.78 is 0. The van der Waals surface area contributed by atoms with Gasteiger partial charge in [0.2, 0.25) is 0 Å². The molecule has 1 aromatic carbocycles. The smallest absolute Gasteiger partial charge is 0.0967 e. The van der Waals surface area contributed by atoms with E-state index in [0.717, 1.165) is 23.2 Å². The zero-order chi connectivity index (χ0) is 15.4. The third kappa shape index (κ3) is 4.31. The zero-order valence-corrected chi connectivity index (χ0v) is 13.6. The molecule has 2 saturated carbocycles. The highest BCUT2D eigenvalue weighted by Gasteiger charge is 2.21. The van der Waals surface area contributed by atoms with Crippen LogP contribution in [0.4, 0.5) is 0 Å². The highest BCUT2D eigenvalue weighted by molar-refractivity contribution is 6.32. The fourth-order valence-electron chi connectivity index (χ4n) is 4.06. The highest BCUT2D eigenvalue weighted by Crippen LogP contribution is 2.37. The van der Waals surface area contributed by atoms with Crippen LogP contribution >= 0.6 is 0 Å². The van der Waals surface area contributed by atoms with Crippen molar-refractivity contribution in [3.63, 3.8) is 0 Å². The Morgan fingerprint density at radius 1 is 0.727 bits per heavy atom. The lowest BCUT2D eigenvalue weighted by Gasteiger charge is -2.28. The molecule has 0 amide bonds. The Hall–Kier alpha value is -0.910. The summed E-state index contributed by atoms with van der Waals surface area (Å²) in [5.74, 6) is 2.77. The molecule has 3 rings (SSSR count). The van der Waals surface area contributed by atoms with E-state index in [0.29, 0.717) is 5.82 Å². The minimum Gasteiger partial charge on any atom is -0.0967 e. The first-order chi connectivity index (χ1) is 10.7. The van der Waals surface area contributed by atoms with E-state index >= 15 is 0 Å². The third-order valence-electron chi connectivity index (χ3n) is 5.65. The molecular weight excluding hydrogens is 262 g/mol. The van der Waals surface area contributed by atoms with Crippen molar-refractivity contribution in [2.75, 3.05) is 0 Å². The molecular formula is C20H26B2. The molecule has 0 unspecified atom stereocenters. The Bertz CT molecular complexity index is 475. The largest absolute Gasteiger partial charge is 0.113 e. The fraction of sp³-hybridized carbons (Fsp3) is 0.600. The molecule has 0 heterocycles. The average Bonchev–Trinajstić information content (AvgIpc) is 2.56. The molecule has 0 aromatic heterocycles. The molecule has 2 heteroatoms. The van der Waals surface area contributed by atoms with Crippen molar-refractivity contribution in [3.8, 4) is 0 Å². The molecule has 2 aliphatic rings. The van der Waals surface area contributed by atoms with Gasteiger partial charge in [0, 0.05) is 0 Å². The van der Waals surface area contributed by atoms with E-state index in [2.05, 4.69) is 24.3 Å². The molecule has 0 bridgehead atoms. The first kappa shape index (κ1) is 16.0. The summed E-state index contributed by atoms with van der Waals surface area (Å²) in [4.78, 5) is 0. The molecule has 0 nitrogen and oxygen atoms in total. The van der Waals surface area contributed by atoms with Crippen molar-refractivity contribution in [1.29, 1.82) is 0 Å². The van der Waals surface area contributed by atoms with Gasteiger partial charge in [0.1, 0.15) is 7.85 Å². The van der Waals surface area contributed by atoms with E-state index in [1.54, 1.807) is 0 Å². The molecule has 0 spiro atoms. The first-order valence-electron chi connectivity index (χ1n) is 9.00. The molecule has 1 aromatic rings. The second-order valence-corrected chi connectivity index (χ2v) is 7.34. The van der Waals surface area contributed by atoms with Crippen LogP contribution in [0.2, 0.25) is 5.82 Å². The standard InChI is InChI=1S/C20H26B2/c21-19-11-5-16(6-12-19)2-1-15-3-7-17(8-4-15)18-9-13-20(22)14-10-18/h1-2,9-10,13-17,19H,3-8,11-12H2/b2-1+. The predicted molar refractivity (Wildman–Crippen MR) is 97.1 cm³/mol. The van der Waals surface area contributed by atoms with Gasteiger partial charge in [-0.15, -0.1) is 0 Å². The van der Waals surface area contributed by atoms with Crippen LogP contribution in [0.25, 0.3) is 0 Å². The van der Waals surface area contributed by atoms with Gasteiger partial charge in [-0.3, -0.25) is 0 Å². The summed E-state index contributed by atoms with van der Waals surface area (Å²) in [5.41, 5.74) is 2.34. The van der Waals surface area contributed by atoms with Gasteiger partial charge in [0.25, 0.3) is 0 Å². The lowest BCUT2D eigenvalue weighted by atomic mass is 9.71. The monoisotopic (exact) mass is 288 g/mol. The van der Waals surface area contributed by atoms with E-state index in [1.807, 2.05) is 12.1 Å². The third-order valence-corrected chi connectivity index (χ3v) is 5.65. The number of hydrogen-bond acceptors (Lipinski definition) is 0. The van der Waals surface area contributed by atoms with Crippen LogP contribution in [-0.4, -0.2) is 15.7 Å². The molecule has 0 saturated heterocycles. The quantitative estimate of drug-likeness (QED) is 0.569. The second-order valence-electron chi connectivity index (χ2n) is 7.34. The van der Waals surface area contributed by atoms with Gasteiger partial charge in [0.15, 0.2) is 0 Å². The SMILES string of the molecule is [B]c1ccc(C2CCC(/C=C/C3CCC([B])CC3)CC2)cc1. The minimum absolute atomic E-state index is 0.458. The topological polar surface area (TPSA) is 0 Å². The Morgan fingerprint density at radius 2 is 1.23 bits per heavy atom. The predicted octanol–water partition coefficient (Wildman–Crippen LogP) is 4.46. The molecule has 112 valence electrons. The molecule has 0 atom stereocenters. The van der Waals surface area contributed by atoms with Crippen molar-refractivity contribution in [2.45, 2.75) is 63.1 Å².